The number of unbranched alkanes of at least 4 members (excludes halogenated alkanes) is 34. The van der Waals surface area contributed by atoms with Gasteiger partial charge in [0.1, 0.15) is 73.2 Å². The van der Waals surface area contributed by atoms with Crippen LogP contribution in [0.5, 0.6) is 0 Å². The van der Waals surface area contributed by atoms with Gasteiger partial charge in [-0.2, -0.15) is 0 Å². The fourth-order valence-electron chi connectivity index (χ4n) is 11.9. The summed E-state index contributed by atoms with van der Waals surface area (Å²) >= 11 is 0. The third kappa shape index (κ3) is 33.2. The Kier molecular flexibility index (Phi) is 46.9. The maximum absolute atomic E-state index is 13.3. The van der Waals surface area contributed by atoms with E-state index in [4.69, 9.17) is 28.4 Å². The van der Waals surface area contributed by atoms with Crippen LogP contribution >= 0.6 is 0 Å². The summed E-state index contributed by atoms with van der Waals surface area (Å²) in [4.78, 5) is 13.3. The molecule has 3 rings (SSSR count). The monoisotopic (exact) mass is 1260 g/mol. The Morgan fingerprint density at radius 1 is 0.398 bits per heavy atom. The summed E-state index contributed by atoms with van der Waals surface area (Å²) in [5.41, 5.74) is 0. The molecule has 0 aromatic rings. The van der Waals surface area contributed by atoms with Gasteiger partial charge in [-0.15, -0.1) is 0 Å². The van der Waals surface area contributed by atoms with Crippen LogP contribution in [0, 0.1) is 0 Å². The third-order valence-electron chi connectivity index (χ3n) is 17.7. The second-order valence-electron chi connectivity index (χ2n) is 25.3. The van der Waals surface area contributed by atoms with Crippen molar-refractivity contribution in [2.75, 3.05) is 26.4 Å². The minimum Gasteiger partial charge on any atom is -0.394 e. The van der Waals surface area contributed by atoms with E-state index in [1.54, 1.807) is 6.08 Å². The molecule has 0 spiro atoms. The van der Waals surface area contributed by atoms with Crippen molar-refractivity contribution in [2.45, 2.75) is 369 Å². The van der Waals surface area contributed by atoms with Crippen molar-refractivity contribution in [1.29, 1.82) is 0 Å². The number of hydrogen-bond acceptors (Lipinski definition) is 18. The van der Waals surface area contributed by atoms with Gasteiger partial charge in [0.25, 0.3) is 0 Å². The van der Waals surface area contributed by atoms with Crippen molar-refractivity contribution in [3.8, 4) is 0 Å². The Bertz CT molecular complexity index is 1740. The van der Waals surface area contributed by atoms with Gasteiger partial charge in [-0.05, 0) is 44.9 Å². The first-order valence-electron chi connectivity index (χ1n) is 35.2. The summed E-state index contributed by atoms with van der Waals surface area (Å²) in [5, 5.41) is 120. The molecule has 3 heterocycles. The molecule has 3 fully saturated rings. The van der Waals surface area contributed by atoms with E-state index >= 15 is 0 Å². The maximum Gasteiger partial charge on any atom is 0.220 e. The number of hydrogen-bond donors (Lipinski definition) is 12. The lowest BCUT2D eigenvalue weighted by Gasteiger charge is -2.48. The summed E-state index contributed by atoms with van der Waals surface area (Å²) in [6.07, 6.45) is 33.2. The highest BCUT2D eigenvalue weighted by Crippen LogP contribution is 2.33. The molecule has 0 saturated carbocycles. The minimum absolute atomic E-state index is 0.234. The van der Waals surface area contributed by atoms with Gasteiger partial charge in [0.05, 0.1) is 38.6 Å². The zero-order chi connectivity index (χ0) is 64.0. The first-order chi connectivity index (χ1) is 42.8. The van der Waals surface area contributed by atoms with Crippen LogP contribution in [0.3, 0.4) is 0 Å². The van der Waals surface area contributed by atoms with Crippen molar-refractivity contribution in [2.24, 2.45) is 0 Å². The fraction of sp³-hybridized carbons (Fsp3) is 0.899. The molecule has 3 aliphatic heterocycles. The zero-order valence-electron chi connectivity index (χ0n) is 54.5. The topological polar surface area (TPSA) is 307 Å². The molecule has 516 valence electrons. The van der Waals surface area contributed by atoms with Crippen molar-refractivity contribution in [1.82, 2.24) is 5.32 Å². The maximum atomic E-state index is 13.3. The van der Waals surface area contributed by atoms with E-state index < -0.39 is 124 Å². The zero-order valence-corrected chi connectivity index (χ0v) is 54.5. The number of ether oxygens (including phenoxy) is 6. The second kappa shape index (κ2) is 51.4. The SMILES string of the molecule is CCCCCCCCCCCCCCCCCCCCCCCCC/C=C/CC/C=C/CC/C=C/C(O)C(COC1OC(CO)C(OC2OC(CO)C(OC3OC(CO)C(O)C(O)C3O)C(O)C2O)C(O)C1O)NC(=O)CCCCCCCCCCCC. The van der Waals surface area contributed by atoms with Crippen LogP contribution in [0.25, 0.3) is 0 Å². The van der Waals surface area contributed by atoms with Crippen LogP contribution < -0.4 is 5.32 Å². The molecule has 0 aromatic heterocycles. The Morgan fingerprint density at radius 2 is 0.727 bits per heavy atom. The van der Waals surface area contributed by atoms with Crippen molar-refractivity contribution >= 4 is 5.91 Å². The minimum atomic E-state index is -1.98. The van der Waals surface area contributed by atoms with E-state index in [1.807, 2.05) is 6.08 Å². The molecule has 19 heteroatoms. The molecule has 3 saturated heterocycles. The Morgan fingerprint density at radius 3 is 1.14 bits per heavy atom. The molecular formula is C69H127NO18. The van der Waals surface area contributed by atoms with E-state index in [1.165, 1.54) is 186 Å². The van der Waals surface area contributed by atoms with Crippen LogP contribution in [-0.4, -0.2) is 193 Å². The summed E-state index contributed by atoms with van der Waals surface area (Å²) in [6, 6.07) is -0.993. The highest BCUT2D eigenvalue weighted by Gasteiger charge is 2.53. The summed E-state index contributed by atoms with van der Waals surface area (Å²) in [5.74, 6) is -0.291. The molecule has 17 unspecified atom stereocenters. The van der Waals surface area contributed by atoms with Gasteiger partial charge in [-0.25, -0.2) is 0 Å². The molecule has 88 heavy (non-hydrogen) atoms. The van der Waals surface area contributed by atoms with Crippen LogP contribution in [-0.2, 0) is 33.2 Å². The molecule has 1 amide bonds. The third-order valence-corrected chi connectivity index (χ3v) is 17.7. The number of allylic oxidation sites excluding steroid dienone is 5. The van der Waals surface area contributed by atoms with Crippen molar-refractivity contribution in [3.05, 3.63) is 36.5 Å². The summed E-state index contributed by atoms with van der Waals surface area (Å²) in [6.45, 7) is 1.69. The number of carbonyl (C=O) groups excluding carboxylic acids is 1. The van der Waals surface area contributed by atoms with Crippen LogP contribution in [0.1, 0.15) is 264 Å². The molecule has 19 nitrogen and oxygen atoms in total. The number of rotatable bonds is 54. The number of carbonyl (C=O) groups is 1. The number of aliphatic hydroxyl groups is 11. The van der Waals surface area contributed by atoms with Gasteiger partial charge in [-0.1, -0.05) is 249 Å². The largest absolute Gasteiger partial charge is 0.394 e. The molecular weight excluding hydrogens is 1130 g/mol. The van der Waals surface area contributed by atoms with Crippen LogP contribution in [0.2, 0.25) is 0 Å². The second-order valence-corrected chi connectivity index (χ2v) is 25.3. The highest BCUT2D eigenvalue weighted by atomic mass is 16.8. The highest BCUT2D eigenvalue weighted by molar-refractivity contribution is 5.76. The number of amides is 1. The van der Waals surface area contributed by atoms with Gasteiger partial charge < -0.3 is 89.9 Å². The lowest BCUT2D eigenvalue weighted by molar-refractivity contribution is -0.379. The average molecular weight is 1260 g/mol. The van der Waals surface area contributed by atoms with Crippen LogP contribution in [0.15, 0.2) is 36.5 Å². The molecule has 12 N–H and O–H groups in total. The fourth-order valence-corrected chi connectivity index (χ4v) is 11.9. The van der Waals surface area contributed by atoms with Gasteiger partial charge in [0.2, 0.25) is 5.91 Å². The molecule has 0 aliphatic carbocycles. The van der Waals surface area contributed by atoms with Crippen LogP contribution in [0.4, 0.5) is 0 Å². The summed E-state index contributed by atoms with van der Waals surface area (Å²) in [7, 11) is 0. The van der Waals surface area contributed by atoms with Crippen molar-refractivity contribution < 1.29 is 89.4 Å². The van der Waals surface area contributed by atoms with Crippen molar-refractivity contribution in [3.63, 3.8) is 0 Å². The van der Waals surface area contributed by atoms with E-state index in [9.17, 15) is 61.0 Å². The lowest BCUT2D eigenvalue weighted by atomic mass is 9.96. The normalized spacial score (nSPS) is 28.6. The Hall–Kier alpha value is -1.99. The van der Waals surface area contributed by atoms with E-state index in [0.29, 0.717) is 12.8 Å². The predicted molar refractivity (Wildman–Crippen MR) is 342 cm³/mol. The summed E-state index contributed by atoms with van der Waals surface area (Å²) < 4.78 is 34.2. The molecule has 0 radical (unpaired) electrons. The lowest BCUT2D eigenvalue weighted by Crippen LogP contribution is -2.66. The standard InChI is InChI=1S/C69H127NO18/c1-3-5-7-9-11-13-15-16-17-18-19-20-21-22-23-24-25-26-27-28-29-30-31-32-33-34-35-36-37-38-40-42-44-46-53(74)52(70-57(75)47-45-43-41-39-14-12-10-8-6-4-2)51-83-67-63(81)60(78)65(55(49-72)85-67)88-69-64(82)61(79)66(56(50-73)86-69)87-68-62(80)59(77)58(76)54(48-71)84-68/h33-34,37-38,44,46,52-56,58-69,71-74,76-82H,3-32,35-36,39-43,45,47-51H2,1-2H3,(H,70,75)/b34-33+,38-37+,46-44+. The van der Waals surface area contributed by atoms with E-state index in [0.717, 1.165) is 44.9 Å². The van der Waals surface area contributed by atoms with Gasteiger partial charge in [-0.3, -0.25) is 4.79 Å². The molecule has 3 aliphatic rings. The van der Waals surface area contributed by atoms with Gasteiger partial charge >= 0.3 is 0 Å². The Balaban J connectivity index is 1.37. The average Bonchev–Trinajstić information content (AvgIpc) is 1.59. The number of nitrogens with one attached hydrogen (secondary N) is 1. The number of aliphatic hydroxyl groups excluding tert-OH is 11. The molecule has 17 atom stereocenters. The van der Waals surface area contributed by atoms with E-state index in [2.05, 4.69) is 43.5 Å². The first kappa shape index (κ1) is 80.2. The molecule has 0 bridgehead atoms. The van der Waals surface area contributed by atoms with Gasteiger partial charge in [0.15, 0.2) is 18.9 Å². The van der Waals surface area contributed by atoms with E-state index in [-0.39, 0.29) is 18.9 Å². The van der Waals surface area contributed by atoms with Gasteiger partial charge in [0, 0.05) is 6.42 Å². The smallest absolute Gasteiger partial charge is 0.220 e. The molecule has 0 aromatic carbocycles. The predicted octanol–water partition coefficient (Wildman–Crippen LogP) is 9.22. The Labute approximate surface area is 530 Å². The quantitative estimate of drug-likeness (QED) is 0.0199. The first-order valence-corrected chi connectivity index (χ1v) is 35.2.